The Hall–Kier alpha value is -0.170. The number of rotatable bonds is 7. The zero-order valence-corrected chi connectivity index (χ0v) is 13.4. The van der Waals surface area contributed by atoms with Crippen LogP contribution in [0.5, 0.6) is 0 Å². The molecule has 1 fully saturated rings. The second-order valence-electron chi connectivity index (χ2n) is 6.33. The molecule has 114 valence electrons. The standard InChI is InChI=1S/C13H29N3O2S/c1-13(2,12-14)6-4-5-7-15-8-10-16(11-9-15)19(3,17)18/h4-12,14H2,1-3H3. The van der Waals surface area contributed by atoms with Gasteiger partial charge in [0.15, 0.2) is 0 Å². The van der Waals surface area contributed by atoms with Crippen LogP contribution in [0.1, 0.15) is 33.1 Å². The highest BCUT2D eigenvalue weighted by Gasteiger charge is 2.23. The summed E-state index contributed by atoms with van der Waals surface area (Å²) in [6.07, 6.45) is 4.81. The first-order valence-corrected chi connectivity index (χ1v) is 8.97. The van der Waals surface area contributed by atoms with Gasteiger partial charge in [-0.25, -0.2) is 8.42 Å². The number of nitrogens with zero attached hydrogens (tertiary/aromatic N) is 2. The largest absolute Gasteiger partial charge is 0.330 e. The van der Waals surface area contributed by atoms with Gasteiger partial charge in [-0.15, -0.1) is 0 Å². The summed E-state index contributed by atoms with van der Waals surface area (Å²) in [4.78, 5) is 2.36. The average Bonchev–Trinajstić information content (AvgIpc) is 2.34. The lowest BCUT2D eigenvalue weighted by atomic mass is 9.87. The molecule has 6 heteroatoms. The van der Waals surface area contributed by atoms with E-state index >= 15 is 0 Å². The van der Waals surface area contributed by atoms with Crippen LogP contribution in [0.2, 0.25) is 0 Å². The van der Waals surface area contributed by atoms with Crippen molar-refractivity contribution in [2.75, 3.05) is 45.5 Å². The summed E-state index contributed by atoms with van der Waals surface area (Å²) in [6.45, 7) is 9.19. The van der Waals surface area contributed by atoms with Crippen LogP contribution in [-0.2, 0) is 10.0 Å². The minimum atomic E-state index is -3.00. The predicted molar refractivity (Wildman–Crippen MR) is 79.5 cm³/mol. The van der Waals surface area contributed by atoms with Crippen LogP contribution in [0.3, 0.4) is 0 Å². The van der Waals surface area contributed by atoms with Crippen LogP contribution in [-0.4, -0.2) is 63.1 Å². The van der Waals surface area contributed by atoms with Crippen molar-refractivity contribution in [2.24, 2.45) is 11.1 Å². The Morgan fingerprint density at radius 1 is 1.11 bits per heavy atom. The molecule has 1 heterocycles. The topological polar surface area (TPSA) is 66.6 Å². The molecule has 0 unspecified atom stereocenters. The first-order chi connectivity index (χ1) is 8.74. The summed E-state index contributed by atoms with van der Waals surface area (Å²) in [6, 6.07) is 0. The van der Waals surface area contributed by atoms with Crippen LogP contribution in [0.4, 0.5) is 0 Å². The number of hydrogen-bond acceptors (Lipinski definition) is 4. The third kappa shape index (κ3) is 6.21. The Labute approximate surface area is 118 Å². The summed E-state index contributed by atoms with van der Waals surface area (Å²) in [5.41, 5.74) is 5.96. The van der Waals surface area contributed by atoms with Crippen LogP contribution >= 0.6 is 0 Å². The molecule has 0 aliphatic carbocycles. The van der Waals surface area contributed by atoms with Crippen molar-refractivity contribution in [3.05, 3.63) is 0 Å². The molecule has 1 saturated heterocycles. The van der Waals surface area contributed by atoms with Crippen LogP contribution < -0.4 is 5.73 Å². The molecule has 1 aliphatic rings. The number of piperazine rings is 1. The van der Waals surface area contributed by atoms with Crippen LogP contribution in [0.25, 0.3) is 0 Å². The van der Waals surface area contributed by atoms with E-state index in [-0.39, 0.29) is 5.41 Å². The van der Waals surface area contributed by atoms with Crippen molar-refractivity contribution in [1.29, 1.82) is 0 Å². The quantitative estimate of drug-likeness (QED) is 0.702. The molecule has 0 radical (unpaired) electrons. The van der Waals surface area contributed by atoms with Crippen molar-refractivity contribution in [3.8, 4) is 0 Å². The van der Waals surface area contributed by atoms with E-state index in [1.807, 2.05) is 0 Å². The smallest absolute Gasteiger partial charge is 0.211 e. The van der Waals surface area contributed by atoms with E-state index in [0.29, 0.717) is 13.1 Å². The van der Waals surface area contributed by atoms with Crippen molar-refractivity contribution < 1.29 is 8.42 Å². The maximum absolute atomic E-state index is 11.4. The Morgan fingerprint density at radius 3 is 2.16 bits per heavy atom. The van der Waals surface area contributed by atoms with Crippen molar-refractivity contribution in [2.45, 2.75) is 33.1 Å². The number of nitrogens with two attached hydrogens (primary N) is 1. The Kier molecular flexibility index (Phi) is 6.23. The minimum Gasteiger partial charge on any atom is -0.330 e. The molecule has 5 nitrogen and oxygen atoms in total. The highest BCUT2D eigenvalue weighted by atomic mass is 32.2. The van der Waals surface area contributed by atoms with Crippen molar-refractivity contribution in [1.82, 2.24) is 9.21 Å². The highest BCUT2D eigenvalue weighted by Crippen LogP contribution is 2.21. The van der Waals surface area contributed by atoms with Gasteiger partial charge in [-0.2, -0.15) is 4.31 Å². The highest BCUT2D eigenvalue weighted by molar-refractivity contribution is 7.88. The molecular weight excluding hydrogens is 262 g/mol. The second-order valence-corrected chi connectivity index (χ2v) is 8.31. The van der Waals surface area contributed by atoms with E-state index in [4.69, 9.17) is 5.73 Å². The van der Waals surface area contributed by atoms with E-state index in [1.165, 1.54) is 19.1 Å². The summed E-state index contributed by atoms with van der Waals surface area (Å²) >= 11 is 0. The summed E-state index contributed by atoms with van der Waals surface area (Å²) < 4.78 is 24.4. The minimum absolute atomic E-state index is 0.245. The Balaban J connectivity index is 2.17. The molecule has 0 aromatic rings. The van der Waals surface area contributed by atoms with Crippen molar-refractivity contribution >= 4 is 10.0 Å². The number of hydrogen-bond donors (Lipinski definition) is 1. The molecule has 0 aromatic carbocycles. The lowest BCUT2D eigenvalue weighted by molar-refractivity contribution is 0.183. The van der Waals surface area contributed by atoms with Gasteiger partial charge >= 0.3 is 0 Å². The maximum atomic E-state index is 11.4. The molecular formula is C13H29N3O2S. The summed E-state index contributed by atoms with van der Waals surface area (Å²) in [5, 5.41) is 0. The second kappa shape index (κ2) is 7.02. The van der Waals surface area contributed by atoms with Gasteiger partial charge in [0.25, 0.3) is 0 Å². The van der Waals surface area contributed by atoms with E-state index in [0.717, 1.165) is 32.6 Å². The number of sulfonamides is 1. The Morgan fingerprint density at radius 2 is 1.68 bits per heavy atom. The van der Waals surface area contributed by atoms with Gasteiger partial charge in [0.1, 0.15) is 0 Å². The zero-order valence-electron chi connectivity index (χ0n) is 12.6. The van der Waals surface area contributed by atoms with E-state index < -0.39 is 10.0 Å². The monoisotopic (exact) mass is 291 g/mol. The van der Waals surface area contributed by atoms with Gasteiger partial charge in [-0.1, -0.05) is 20.3 Å². The first-order valence-electron chi connectivity index (χ1n) is 7.12. The number of unbranched alkanes of at least 4 members (excludes halogenated alkanes) is 1. The zero-order chi connectivity index (χ0) is 14.5. The van der Waals surface area contributed by atoms with Gasteiger partial charge in [0, 0.05) is 26.2 Å². The molecule has 0 spiro atoms. The maximum Gasteiger partial charge on any atom is 0.211 e. The van der Waals surface area contributed by atoms with E-state index in [1.54, 1.807) is 4.31 Å². The first kappa shape index (κ1) is 16.9. The normalized spacial score (nSPS) is 19.8. The predicted octanol–water partition coefficient (Wildman–Crippen LogP) is 0.719. The Bertz CT molecular complexity index is 360. The van der Waals surface area contributed by atoms with Gasteiger partial charge in [0.05, 0.1) is 6.26 Å². The van der Waals surface area contributed by atoms with Gasteiger partial charge < -0.3 is 10.6 Å². The molecule has 0 atom stereocenters. The van der Waals surface area contributed by atoms with Gasteiger partial charge in [-0.05, 0) is 31.3 Å². The van der Waals surface area contributed by atoms with Crippen LogP contribution in [0, 0.1) is 5.41 Å². The third-order valence-electron chi connectivity index (χ3n) is 3.93. The molecule has 0 bridgehead atoms. The third-order valence-corrected chi connectivity index (χ3v) is 5.23. The fraction of sp³-hybridized carbons (Fsp3) is 1.00. The average molecular weight is 291 g/mol. The van der Waals surface area contributed by atoms with E-state index in [2.05, 4.69) is 18.7 Å². The molecule has 0 aromatic heterocycles. The SMILES string of the molecule is CC(C)(CN)CCCCN1CCN(S(C)(=O)=O)CC1. The molecule has 1 aliphatic heterocycles. The molecule has 0 saturated carbocycles. The lowest BCUT2D eigenvalue weighted by Gasteiger charge is -2.33. The lowest BCUT2D eigenvalue weighted by Crippen LogP contribution is -2.48. The van der Waals surface area contributed by atoms with E-state index in [9.17, 15) is 8.42 Å². The molecule has 1 rings (SSSR count). The fourth-order valence-electron chi connectivity index (χ4n) is 2.33. The summed E-state index contributed by atoms with van der Waals surface area (Å²) in [5.74, 6) is 0. The molecule has 2 N–H and O–H groups in total. The van der Waals surface area contributed by atoms with Crippen LogP contribution in [0.15, 0.2) is 0 Å². The summed E-state index contributed by atoms with van der Waals surface area (Å²) in [7, 11) is -3.00. The molecule has 0 amide bonds. The van der Waals surface area contributed by atoms with Crippen molar-refractivity contribution in [3.63, 3.8) is 0 Å². The molecule has 19 heavy (non-hydrogen) atoms. The fourth-order valence-corrected chi connectivity index (χ4v) is 3.15. The van der Waals surface area contributed by atoms with Gasteiger partial charge in [0.2, 0.25) is 10.0 Å². The van der Waals surface area contributed by atoms with Gasteiger partial charge in [-0.3, -0.25) is 0 Å².